The lowest BCUT2D eigenvalue weighted by Gasteiger charge is -2.26. The van der Waals surface area contributed by atoms with Gasteiger partial charge in [-0.2, -0.15) is 10.1 Å². The molecular formula is C22H28FN7O. The highest BCUT2D eigenvalue weighted by Gasteiger charge is 2.25. The van der Waals surface area contributed by atoms with E-state index in [0.29, 0.717) is 28.4 Å². The van der Waals surface area contributed by atoms with Gasteiger partial charge in [0, 0.05) is 24.3 Å². The van der Waals surface area contributed by atoms with Crippen molar-refractivity contribution in [3.05, 3.63) is 41.8 Å². The number of anilines is 2. The minimum Gasteiger partial charge on any atom is -0.354 e. The van der Waals surface area contributed by atoms with Crippen molar-refractivity contribution >= 4 is 28.7 Å². The number of benzene rings is 1. The fourth-order valence-corrected chi connectivity index (χ4v) is 3.86. The van der Waals surface area contributed by atoms with E-state index in [9.17, 15) is 9.18 Å². The van der Waals surface area contributed by atoms with Crippen LogP contribution in [-0.2, 0) is 0 Å². The summed E-state index contributed by atoms with van der Waals surface area (Å²) in [4.78, 5) is 21.8. The van der Waals surface area contributed by atoms with Gasteiger partial charge < -0.3 is 16.4 Å². The van der Waals surface area contributed by atoms with Crippen LogP contribution in [0.25, 0.3) is 11.0 Å². The van der Waals surface area contributed by atoms with Crippen molar-refractivity contribution < 1.29 is 9.18 Å². The zero-order valence-corrected chi connectivity index (χ0v) is 17.6. The molecule has 8 nitrogen and oxygen atoms in total. The quantitative estimate of drug-likeness (QED) is 0.496. The van der Waals surface area contributed by atoms with Gasteiger partial charge >= 0.3 is 0 Å². The zero-order valence-electron chi connectivity index (χ0n) is 17.6. The van der Waals surface area contributed by atoms with Gasteiger partial charge in [-0.05, 0) is 56.4 Å². The Morgan fingerprint density at radius 2 is 1.97 bits per heavy atom. The maximum absolute atomic E-state index is 13.2. The number of halogens is 1. The molecule has 0 aliphatic heterocycles. The lowest BCUT2D eigenvalue weighted by Crippen LogP contribution is -2.28. The Balaban J connectivity index is 1.65. The highest BCUT2D eigenvalue weighted by molar-refractivity contribution is 6.07. The summed E-state index contributed by atoms with van der Waals surface area (Å²) in [6, 6.07) is 5.79. The second-order valence-electron chi connectivity index (χ2n) is 8.03. The van der Waals surface area contributed by atoms with Gasteiger partial charge in [-0.1, -0.05) is 13.3 Å². The second kappa shape index (κ2) is 9.38. The van der Waals surface area contributed by atoms with Crippen molar-refractivity contribution in [2.24, 2.45) is 5.73 Å². The summed E-state index contributed by atoms with van der Waals surface area (Å²) in [5.74, 6) is 0.200. The van der Waals surface area contributed by atoms with Crippen molar-refractivity contribution in [1.29, 1.82) is 0 Å². The summed E-state index contributed by atoms with van der Waals surface area (Å²) in [7, 11) is 0. The number of carbonyl (C=O) groups excluding carboxylic acids is 1. The first kappa shape index (κ1) is 21.2. The van der Waals surface area contributed by atoms with Gasteiger partial charge in [-0.15, -0.1) is 0 Å². The Hall–Kier alpha value is -3.07. The Morgan fingerprint density at radius 3 is 2.68 bits per heavy atom. The number of rotatable bonds is 7. The summed E-state index contributed by atoms with van der Waals surface area (Å²) in [5, 5.41) is 11.5. The van der Waals surface area contributed by atoms with E-state index in [4.69, 9.17) is 15.8 Å². The van der Waals surface area contributed by atoms with E-state index < -0.39 is 5.82 Å². The number of fused-ring (bicyclic) bond motifs is 1. The van der Waals surface area contributed by atoms with E-state index in [1.807, 2.05) is 4.68 Å². The molecule has 164 valence electrons. The molecule has 2 heterocycles. The standard InChI is InChI=1S/C22H28FN7O/c1-2-3-12-25-22-26-13-18-19(27-21(31)14-4-6-15(23)7-5-14)29-30(20(18)28-22)17-10-8-16(24)9-11-17/h4-7,13,16-17H,2-3,8-12,24H2,1H3,(H,25,26,28)(H,27,29,31). The van der Waals surface area contributed by atoms with Gasteiger partial charge in [0.1, 0.15) is 5.82 Å². The molecule has 1 saturated carbocycles. The highest BCUT2D eigenvalue weighted by atomic mass is 19.1. The number of hydrogen-bond acceptors (Lipinski definition) is 6. The maximum Gasteiger partial charge on any atom is 0.256 e. The largest absolute Gasteiger partial charge is 0.354 e. The fourth-order valence-electron chi connectivity index (χ4n) is 3.86. The third kappa shape index (κ3) is 4.82. The number of aromatic nitrogens is 4. The van der Waals surface area contributed by atoms with Crippen molar-refractivity contribution in [2.75, 3.05) is 17.2 Å². The summed E-state index contributed by atoms with van der Waals surface area (Å²) in [5.41, 5.74) is 7.11. The van der Waals surface area contributed by atoms with E-state index in [-0.39, 0.29) is 18.0 Å². The molecule has 0 bridgehead atoms. The molecule has 1 aliphatic rings. The average molecular weight is 426 g/mol. The molecule has 0 radical (unpaired) electrons. The zero-order chi connectivity index (χ0) is 21.8. The van der Waals surface area contributed by atoms with E-state index >= 15 is 0 Å². The molecule has 2 aromatic heterocycles. The molecule has 1 amide bonds. The predicted octanol–water partition coefficient (Wildman–Crippen LogP) is 3.87. The molecular weight excluding hydrogens is 397 g/mol. The van der Waals surface area contributed by atoms with Crippen LogP contribution in [0.3, 0.4) is 0 Å². The number of unbranched alkanes of at least 4 members (excludes halogenated alkanes) is 1. The molecule has 3 aromatic rings. The van der Waals surface area contributed by atoms with E-state index in [1.54, 1.807) is 6.20 Å². The molecule has 1 aliphatic carbocycles. The Labute approximate surface area is 180 Å². The number of carbonyl (C=O) groups is 1. The number of nitrogens with zero attached hydrogens (tertiary/aromatic N) is 4. The van der Waals surface area contributed by atoms with Crippen molar-refractivity contribution in [2.45, 2.75) is 57.5 Å². The van der Waals surface area contributed by atoms with Crippen LogP contribution in [0.1, 0.15) is 61.8 Å². The van der Waals surface area contributed by atoms with Gasteiger partial charge in [0.15, 0.2) is 11.5 Å². The highest BCUT2D eigenvalue weighted by Crippen LogP contribution is 2.32. The van der Waals surface area contributed by atoms with Gasteiger partial charge in [-0.25, -0.2) is 14.1 Å². The molecule has 4 rings (SSSR count). The van der Waals surface area contributed by atoms with Crippen LogP contribution in [0.2, 0.25) is 0 Å². The minimum absolute atomic E-state index is 0.164. The lowest BCUT2D eigenvalue weighted by atomic mass is 9.92. The van der Waals surface area contributed by atoms with Crippen molar-refractivity contribution in [3.8, 4) is 0 Å². The van der Waals surface area contributed by atoms with E-state index in [2.05, 4.69) is 22.5 Å². The molecule has 31 heavy (non-hydrogen) atoms. The number of nitrogens with two attached hydrogens (primary N) is 1. The summed E-state index contributed by atoms with van der Waals surface area (Å²) < 4.78 is 15.1. The summed E-state index contributed by atoms with van der Waals surface area (Å²) >= 11 is 0. The Kier molecular flexibility index (Phi) is 6.41. The van der Waals surface area contributed by atoms with Crippen LogP contribution in [-0.4, -0.2) is 38.2 Å². The van der Waals surface area contributed by atoms with Crippen LogP contribution in [0.5, 0.6) is 0 Å². The monoisotopic (exact) mass is 425 g/mol. The number of hydrogen-bond donors (Lipinski definition) is 3. The second-order valence-corrected chi connectivity index (χ2v) is 8.03. The first-order chi connectivity index (χ1) is 15.0. The van der Waals surface area contributed by atoms with Crippen molar-refractivity contribution in [3.63, 3.8) is 0 Å². The van der Waals surface area contributed by atoms with Crippen LogP contribution >= 0.6 is 0 Å². The average Bonchev–Trinajstić information content (AvgIpc) is 3.12. The number of amides is 1. The topological polar surface area (TPSA) is 111 Å². The Bertz CT molecular complexity index is 1040. The van der Waals surface area contributed by atoms with Gasteiger partial charge in [0.25, 0.3) is 5.91 Å². The number of nitrogens with one attached hydrogen (secondary N) is 2. The summed E-state index contributed by atoms with van der Waals surface area (Å²) in [6.07, 6.45) is 7.47. The fraction of sp³-hybridized carbons (Fsp3) is 0.455. The molecule has 1 fully saturated rings. The first-order valence-electron chi connectivity index (χ1n) is 10.9. The van der Waals surface area contributed by atoms with Crippen LogP contribution in [0.4, 0.5) is 16.2 Å². The molecule has 9 heteroatoms. The molecule has 4 N–H and O–H groups in total. The van der Waals surface area contributed by atoms with Crippen LogP contribution < -0.4 is 16.4 Å². The molecule has 0 unspecified atom stereocenters. The predicted molar refractivity (Wildman–Crippen MR) is 119 cm³/mol. The van der Waals surface area contributed by atoms with Gasteiger partial charge in [0.2, 0.25) is 5.95 Å². The maximum atomic E-state index is 13.2. The normalized spacial score (nSPS) is 18.8. The van der Waals surface area contributed by atoms with Crippen LogP contribution in [0, 0.1) is 5.82 Å². The Morgan fingerprint density at radius 1 is 1.23 bits per heavy atom. The first-order valence-corrected chi connectivity index (χ1v) is 10.9. The van der Waals surface area contributed by atoms with E-state index in [1.165, 1.54) is 24.3 Å². The third-order valence-electron chi connectivity index (χ3n) is 5.69. The lowest BCUT2D eigenvalue weighted by molar-refractivity contribution is 0.102. The SMILES string of the molecule is CCCCNc1ncc2c(NC(=O)c3ccc(F)cc3)nn(C3CCC(N)CC3)c2n1. The van der Waals surface area contributed by atoms with Crippen LogP contribution in [0.15, 0.2) is 30.5 Å². The molecule has 1 aromatic carbocycles. The van der Waals surface area contributed by atoms with E-state index in [0.717, 1.165) is 45.1 Å². The molecule has 0 spiro atoms. The van der Waals surface area contributed by atoms with Gasteiger partial charge in [-0.3, -0.25) is 4.79 Å². The van der Waals surface area contributed by atoms with Crippen molar-refractivity contribution in [1.82, 2.24) is 19.7 Å². The van der Waals surface area contributed by atoms with Gasteiger partial charge in [0.05, 0.1) is 11.4 Å². The summed E-state index contributed by atoms with van der Waals surface area (Å²) in [6.45, 7) is 2.92. The minimum atomic E-state index is -0.390. The molecule has 0 atom stereocenters. The molecule has 0 saturated heterocycles. The third-order valence-corrected chi connectivity index (χ3v) is 5.69. The smallest absolute Gasteiger partial charge is 0.256 e.